The van der Waals surface area contributed by atoms with Crippen molar-refractivity contribution in [1.29, 1.82) is 0 Å². The van der Waals surface area contributed by atoms with Gasteiger partial charge in [-0.05, 0) is 46.4 Å². The normalized spacial score (nSPS) is 12.0. The number of hydrogen-bond donors (Lipinski definition) is 2. The number of aliphatic carboxylic acids is 1. The maximum Gasteiger partial charge on any atom is 0.326 e. The molecule has 1 aromatic heterocycles. The predicted molar refractivity (Wildman–Crippen MR) is 155 cm³/mol. The van der Waals surface area contributed by atoms with Gasteiger partial charge in [0.1, 0.15) is 6.04 Å². The van der Waals surface area contributed by atoms with Crippen LogP contribution in [0.25, 0.3) is 22.5 Å². The van der Waals surface area contributed by atoms with Crippen molar-refractivity contribution in [3.8, 4) is 22.5 Å². The maximum absolute atomic E-state index is 12.7. The second kappa shape index (κ2) is 11.5. The molecule has 200 valence electrons. The smallest absolute Gasteiger partial charge is 0.326 e. The predicted octanol–water partition coefficient (Wildman–Crippen LogP) is 5.60. The van der Waals surface area contributed by atoms with Gasteiger partial charge in [0.05, 0.1) is 0 Å². The summed E-state index contributed by atoms with van der Waals surface area (Å²) in [6.07, 6.45) is 3.76. The molecule has 0 fully saturated rings. The fourth-order valence-electron chi connectivity index (χ4n) is 4.18. The summed E-state index contributed by atoms with van der Waals surface area (Å²) in [5.41, 5.74) is 6.16. The number of nitrogens with one attached hydrogen (secondary N) is 1. The molecule has 2 N–H and O–H groups in total. The molecule has 1 amide bonds. The number of nitrogens with zero attached hydrogens (tertiary/aromatic N) is 3. The monoisotopic (exact) mass is 522 g/mol. The van der Waals surface area contributed by atoms with Crippen LogP contribution in [-0.4, -0.2) is 47.1 Å². The van der Waals surface area contributed by atoms with Crippen molar-refractivity contribution in [2.24, 2.45) is 0 Å². The molecule has 4 rings (SSSR count). The van der Waals surface area contributed by atoms with Gasteiger partial charge >= 0.3 is 5.97 Å². The van der Waals surface area contributed by atoms with Crippen molar-refractivity contribution in [3.05, 3.63) is 102 Å². The minimum Gasteiger partial charge on any atom is -0.480 e. The van der Waals surface area contributed by atoms with Crippen LogP contribution in [0.2, 0.25) is 0 Å². The Balaban J connectivity index is 1.42. The van der Waals surface area contributed by atoms with Gasteiger partial charge in [-0.3, -0.25) is 4.79 Å². The molecule has 7 heteroatoms. The third-order valence-corrected chi connectivity index (χ3v) is 6.62. The molecule has 0 saturated heterocycles. The molecule has 0 radical (unpaired) electrons. The van der Waals surface area contributed by atoms with Gasteiger partial charge in [-0.2, -0.15) is 0 Å². The van der Waals surface area contributed by atoms with E-state index >= 15 is 0 Å². The summed E-state index contributed by atoms with van der Waals surface area (Å²) < 4.78 is 0. The standard InChI is InChI=1S/C32H34N4O3/c1-32(2,3)26-15-13-23(14-16-26)30(37)35-28(31(38)39)17-21-9-11-22(12-10-21)29-33-19-25(20-34-29)24-7-6-8-27(18-24)36(4)5/h6-16,18-20,28H,17H2,1-5H3,(H,35,37)(H,38,39). The molecule has 0 spiro atoms. The van der Waals surface area contributed by atoms with Crippen LogP contribution in [0.15, 0.2) is 85.2 Å². The number of benzene rings is 3. The van der Waals surface area contributed by atoms with Gasteiger partial charge in [0.25, 0.3) is 5.91 Å². The van der Waals surface area contributed by atoms with Gasteiger partial charge in [0, 0.05) is 55.3 Å². The summed E-state index contributed by atoms with van der Waals surface area (Å²) in [5.74, 6) is -0.920. The van der Waals surface area contributed by atoms with Crippen LogP contribution in [0.3, 0.4) is 0 Å². The Kier molecular flexibility index (Phi) is 8.10. The number of carboxylic acid groups (broad SMARTS) is 1. The highest BCUT2D eigenvalue weighted by molar-refractivity contribution is 5.96. The van der Waals surface area contributed by atoms with E-state index in [9.17, 15) is 14.7 Å². The third kappa shape index (κ3) is 6.87. The third-order valence-electron chi connectivity index (χ3n) is 6.62. The van der Waals surface area contributed by atoms with Crippen LogP contribution in [0.4, 0.5) is 5.69 Å². The highest BCUT2D eigenvalue weighted by atomic mass is 16.4. The molecule has 0 aliphatic rings. The molecule has 1 unspecified atom stereocenters. The molecular formula is C32H34N4O3. The second-order valence-electron chi connectivity index (χ2n) is 10.8. The lowest BCUT2D eigenvalue weighted by Gasteiger charge is -2.19. The lowest BCUT2D eigenvalue weighted by molar-refractivity contribution is -0.139. The number of rotatable bonds is 8. The largest absolute Gasteiger partial charge is 0.480 e. The quantitative estimate of drug-likeness (QED) is 0.313. The van der Waals surface area contributed by atoms with Crippen LogP contribution in [0, 0.1) is 0 Å². The second-order valence-corrected chi connectivity index (χ2v) is 10.8. The number of carbonyl (C=O) groups excluding carboxylic acids is 1. The highest BCUT2D eigenvalue weighted by Crippen LogP contribution is 2.25. The summed E-state index contributed by atoms with van der Waals surface area (Å²) in [7, 11) is 4.00. The Morgan fingerprint density at radius 1 is 0.872 bits per heavy atom. The SMILES string of the molecule is CN(C)c1cccc(-c2cnc(-c3ccc(CC(NC(=O)c4ccc(C(C)(C)C)cc4)C(=O)O)cc3)nc2)c1. The summed E-state index contributed by atoms with van der Waals surface area (Å²) >= 11 is 0. The fourth-order valence-corrected chi connectivity index (χ4v) is 4.18. The molecule has 0 bridgehead atoms. The van der Waals surface area contributed by atoms with E-state index in [4.69, 9.17) is 0 Å². The van der Waals surface area contributed by atoms with Crippen molar-refractivity contribution >= 4 is 17.6 Å². The van der Waals surface area contributed by atoms with E-state index in [1.165, 1.54) is 0 Å². The zero-order chi connectivity index (χ0) is 28.2. The van der Waals surface area contributed by atoms with E-state index < -0.39 is 17.9 Å². The lowest BCUT2D eigenvalue weighted by Crippen LogP contribution is -2.42. The Morgan fingerprint density at radius 3 is 2.08 bits per heavy atom. The van der Waals surface area contributed by atoms with Gasteiger partial charge in [0.15, 0.2) is 5.82 Å². The molecule has 0 saturated carbocycles. The van der Waals surface area contributed by atoms with Crippen molar-refractivity contribution in [2.45, 2.75) is 38.6 Å². The van der Waals surface area contributed by atoms with E-state index in [-0.39, 0.29) is 11.8 Å². The number of anilines is 1. The fraction of sp³-hybridized carbons (Fsp3) is 0.250. The first-order valence-electron chi connectivity index (χ1n) is 12.8. The Bertz CT molecular complexity index is 1440. The number of hydrogen-bond acceptors (Lipinski definition) is 5. The first kappa shape index (κ1) is 27.5. The van der Waals surface area contributed by atoms with Crippen LogP contribution < -0.4 is 10.2 Å². The van der Waals surface area contributed by atoms with Gasteiger partial charge < -0.3 is 15.3 Å². The summed E-state index contributed by atoms with van der Waals surface area (Å²) in [5, 5.41) is 12.4. The summed E-state index contributed by atoms with van der Waals surface area (Å²) in [6, 6.07) is 21.8. The minimum atomic E-state index is -1.09. The topological polar surface area (TPSA) is 95.4 Å². The first-order valence-corrected chi connectivity index (χ1v) is 12.8. The Labute approximate surface area is 229 Å². The van der Waals surface area contributed by atoms with Gasteiger partial charge in [-0.1, -0.05) is 69.3 Å². The highest BCUT2D eigenvalue weighted by Gasteiger charge is 2.22. The molecule has 3 aromatic carbocycles. The average Bonchev–Trinajstić information content (AvgIpc) is 2.92. The first-order chi connectivity index (χ1) is 18.5. The minimum absolute atomic E-state index is 0.0320. The van der Waals surface area contributed by atoms with Crippen LogP contribution in [0.5, 0.6) is 0 Å². The maximum atomic E-state index is 12.7. The van der Waals surface area contributed by atoms with Crippen molar-refractivity contribution in [2.75, 3.05) is 19.0 Å². The van der Waals surface area contributed by atoms with Gasteiger partial charge in [-0.15, -0.1) is 0 Å². The van der Waals surface area contributed by atoms with Gasteiger partial charge in [0.2, 0.25) is 0 Å². The van der Waals surface area contributed by atoms with E-state index in [0.717, 1.165) is 33.5 Å². The van der Waals surface area contributed by atoms with Crippen molar-refractivity contribution in [3.63, 3.8) is 0 Å². The number of amides is 1. The number of carboxylic acids is 1. The molecular weight excluding hydrogens is 488 g/mol. The molecule has 0 aliphatic heterocycles. The molecule has 39 heavy (non-hydrogen) atoms. The Hall–Kier alpha value is -4.52. The summed E-state index contributed by atoms with van der Waals surface area (Å²) in [6.45, 7) is 6.29. The van der Waals surface area contributed by atoms with Crippen molar-refractivity contribution in [1.82, 2.24) is 15.3 Å². The molecule has 0 aliphatic carbocycles. The number of aromatic nitrogens is 2. The molecule has 1 atom stereocenters. The van der Waals surface area contributed by atoms with E-state index in [1.807, 2.05) is 73.6 Å². The molecule has 4 aromatic rings. The van der Waals surface area contributed by atoms with Crippen LogP contribution >= 0.6 is 0 Å². The molecule has 7 nitrogen and oxygen atoms in total. The van der Waals surface area contributed by atoms with Crippen LogP contribution in [0.1, 0.15) is 42.3 Å². The Morgan fingerprint density at radius 2 is 1.51 bits per heavy atom. The van der Waals surface area contributed by atoms with Crippen molar-refractivity contribution < 1.29 is 14.7 Å². The molecule has 1 heterocycles. The van der Waals surface area contributed by atoms with E-state index in [2.05, 4.69) is 42.1 Å². The number of carbonyl (C=O) groups is 2. The summed E-state index contributed by atoms with van der Waals surface area (Å²) in [4.78, 5) is 35.8. The van der Waals surface area contributed by atoms with Gasteiger partial charge in [-0.25, -0.2) is 14.8 Å². The zero-order valence-corrected chi connectivity index (χ0v) is 23.0. The lowest BCUT2D eigenvalue weighted by atomic mass is 9.86. The zero-order valence-electron chi connectivity index (χ0n) is 23.0. The average molecular weight is 523 g/mol. The van der Waals surface area contributed by atoms with E-state index in [1.54, 1.807) is 24.5 Å². The van der Waals surface area contributed by atoms with Crippen LogP contribution in [-0.2, 0) is 16.6 Å². The van der Waals surface area contributed by atoms with E-state index in [0.29, 0.717) is 11.4 Å².